The molecule has 0 unspecified atom stereocenters. The minimum atomic E-state index is -0.536. The van der Waals surface area contributed by atoms with Crippen LogP contribution in [0.2, 0.25) is 0 Å². The van der Waals surface area contributed by atoms with Crippen molar-refractivity contribution >= 4 is 0 Å². The lowest BCUT2D eigenvalue weighted by atomic mass is 9.85. The Labute approximate surface area is 102 Å². The van der Waals surface area contributed by atoms with E-state index in [-0.39, 0.29) is 0 Å². The topological polar surface area (TPSA) is 60.9 Å². The van der Waals surface area contributed by atoms with E-state index in [4.69, 9.17) is 0 Å². The molecule has 1 saturated heterocycles. The number of aromatic nitrogens is 2. The van der Waals surface area contributed by atoms with Gasteiger partial charge in [-0.25, -0.2) is 0 Å². The van der Waals surface area contributed by atoms with Gasteiger partial charge >= 0.3 is 0 Å². The molecule has 0 spiro atoms. The number of fused-ring (bicyclic) bond motifs is 1. The minimum Gasteiger partial charge on any atom is -0.389 e. The van der Waals surface area contributed by atoms with E-state index in [1.807, 2.05) is 0 Å². The lowest BCUT2D eigenvalue weighted by Gasteiger charge is -2.32. The molecule has 1 aromatic heterocycles. The summed E-state index contributed by atoms with van der Waals surface area (Å²) >= 11 is 0. The predicted molar refractivity (Wildman–Crippen MR) is 66.0 cm³/mol. The van der Waals surface area contributed by atoms with Gasteiger partial charge in [-0.15, -0.1) is 0 Å². The van der Waals surface area contributed by atoms with E-state index in [9.17, 15) is 5.11 Å². The Kier molecular flexibility index (Phi) is 2.92. The second kappa shape index (κ2) is 4.42. The van der Waals surface area contributed by atoms with E-state index in [1.165, 1.54) is 24.1 Å². The van der Waals surface area contributed by atoms with E-state index >= 15 is 0 Å². The fraction of sp³-hybridized carbons (Fsp3) is 0.769. The van der Waals surface area contributed by atoms with Crippen molar-refractivity contribution in [3.63, 3.8) is 0 Å². The van der Waals surface area contributed by atoms with Crippen LogP contribution in [0.25, 0.3) is 0 Å². The number of hydrogen-bond donors (Lipinski definition) is 3. The van der Waals surface area contributed by atoms with Gasteiger partial charge in [-0.05, 0) is 57.2 Å². The number of rotatable bonds is 2. The zero-order valence-electron chi connectivity index (χ0n) is 10.3. The highest BCUT2D eigenvalue weighted by molar-refractivity contribution is 5.28. The van der Waals surface area contributed by atoms with Crippen molar-refractivity contribution < 1.29 is 5.11 Å². The standard InChI is InChI=1S/C13H21N3O/c17-13(5-7-14-8-6-13)9-12-10-3-1-2-4-11(10)15-16-12/h14,17H,1-9H2,(H,15,16). The number of H-pyrrole nitrogens is 1. The third-order valence-electron chi connectivity index (χ3n) is 4.17. The predicted octanol–water partition coefficient (Wildman–Crippen LogP) is 0.945. The number of piperidine rings is 1. The van der Waals surface area contributed by atoms with Crippen molar-refractivity contribution in [1.82, 2.24) is 15.5 Å². The maximum atomic E-state index is 10.6. The second-order valence-corrected chi connectivity index (χ2v) is 5.49. The van der Waals surface area contributed by atoms with Gasteiger partial charge in [-0.3, -0.25) is 5.10 Å². The van der Waals surface area contributed by atoms with Crippen LogP contribution in [0, 0.1) is 0 Å². The molecule has 17 heavy (non-hydrogen) atoms. The summed E-state index contributed by atoms with van der Waals surface area (Å²) < 4.78 is 0. The molecule has 4 nitrogen and oxygen atoms in total. The molecule has 0 aromatic carbocycles. The first-order valence-corrected chi connectivity index (χ1v) is 6.75. The monoisotopic (exact) mass is 235 g/mol. The summed E-state index contributed by atoms with van der Waals surface area (Å²) in [5.74, 6) is 0. The van der Waals surface area contributed by atoms with Gasteiger partial charge in [0.05, 0.1) is 11.3 Å². The smallest absolute Gasteiger partial charge is 0.0728 e. The fourth-order valence-electron chi connectivity index (χ4n) is 3.08. The number of hydrogen-bond acceptors (Lipinski definition) is 3. The number of nitrogens with zero attached hydrogens (tertiary/aromatic N) is 1. The average molecular weight is 235 g/mol. The maximum absolute atomic E-state index is 10.6. The van der Waals surface area contributed by atoms with Gasteiger partial charge in [0.25, 0.3) is 0 Å². The first-order chi connectivity index (χ1) is 8.27. The molecule has 1 aliphatic heterocycles. The molecule has 0 radical (unpaired) electrons. The van der Waals surface area contributed by atoms with E-state index < -0.39 is 5.60 Å². The summed E-state index contributed by atoms with van der Waals surface area (Å²) in [7, 11) is 0. The van der Waals surface area contributed by atoms with Gasteiger partial charge in [0.1, 0.15) is 0 Å². The third-order valence-corrected chi connectivity index (χ3v) is 4.17. The third kappa shape index (κ3) is 2.24. The number of aromatic amines is 1. The van der Waals surface area contributed by atoms with Gasteiger partial charge in [0.15, 0.2) is 0 Å². The van der Waals surface area contributed by atoms with Crippen LogP contribution in [-0.2, 0) is 19.3 Å². The van der Waals surface area contributed by atoms with Crippen molar-refractivity contribution in [2.24, 2.45) is 0 Å². The highest BCUT2D eigenvalue weighted by Crippen LogP contribution is 2.28. The summed E-state index contributed by atoms with van der Waals surface area (Å²) in [5, 5.41) is 21.4. The maximum Gasteiger partial charge on any atom is 0.0728 e. The first kappa shape index (κ1) is 11.2. The van der Waals surface area contributed by atoms with Crippen molar-refractivity contribution in [2.45, 2.75) is 50.5 Å². The summed E-state index contributed by atoms with van der Waals surface area (Å²) in [5.41, 5.74) is 3.28. The van der Waals surface area contributed by atoms with Gasteiger partial charge in [0, 0.05) is 12.1 Å². The Morgan fingerprint density at radius 3 is 2.76 bits per heavy atom. The molecule has 2 heterocycles. The van der Waals surface area contributed by atoms with Gasteiger partial charge in [0.2, 0.25) is 0 Å². The SMILES string of the molecule is OC1(Cc2n[nH]c3c2CCCC3)CCNCC1. The quantitative estimate of drug-likeness (QED) is 0.715. The lowest BCUT2D eigenvalue weighted by molar-refractivity contribution is 0.00982. The second-order valence-electron chi connectivity index (χ2n) is 5.49. The van der Waals surface area contributed by atoms with E-state index in [1.54, 1.807) is 0 Å². The highest BCUT2D eigenvalue weighted by atomic mass is 16.3. The van der Waals surface area contributed by atoms with E-state index in [0.29, 0.717) is 0 Å². The summed E-state index contributed by atoms with van der Waals surface area (Å²) in [6.07, 6.45) is 7.20. The van der Waals surface area contributed by atoms with Crippen LogP contribution in [0.1, 0.15) is 42.6 Å². The van der Waals surface area contributed by atoms with Crippen molar-refractivity contribution in [1.29, 1.82) is 0 Å². The zero-order valence-corrected chi connectivity index (χ0v) is 10.3. The Hall–Kier alpha value is -0.870. The minimum absolute atomic E-state index is 0.536. The van der Waals surface area contributed by atoms with Gasteiger partial charge in [-0.2, -0.15) is 5.10 Å². The molecule has 0 saturated carbocycles. The molecular formula is C13H21N3O. The summed E-state index contributed by atoms with van der Waals surface area (Å²) in [4.78, 5) is 0. The normalized spacial score (nSPS) is 23.4. The van der Waals surface area contributed by atoms with Crippen LogP contribution in [0.3, 0.4) is 0 Å². The van der Waals surface area contributed by atoms with E-state index in [2.05, 4.69) is 15.5 Å². The van der Waals surface area contributed by atoms with E-state index in [0.717, 1.165) is 50.9 Å². The van der Waals surface area contributed by atoms with Crippen LogP contribution in [0.5, 0.6) is 0 Å². The van der Waals surface area contributed by atoms with Gasteiger partial charge < -0.3 is 10.4 Å². The Morgan fingerprint density at radius 1 is 1.18 bits per heavy atom. The molecule has 3 N–H and O–H groups in total. The largest absolute Gasteiger partial charge is 0.389 e. The molecule has 4 heteroatoms. The molecule has 3 rings (SSSR count). The lowest BCUT2D eigenvalue weighted by Crippen LogP contribution is -2.43. The Bertz CT molecular complexity index is 393. The molecule has 94 valence electrons. The van der Waals surface area contributed by atoms with Crippen LogP contribution < -0.4 is 5.32 Å². The van der Waals surface area contributed by atoms with Crippen molar-refractivity contribution in [2.75, 3.05) is 13.1 Å². The molecule has 2 aliphatic rings. The summed E-state index contributed by atoms with van der Waals surface area (Å²) in [6, 6.07) is 0. The van der Waals surface area contributed by atoms with Crippen LogP contribution in [-0.4, -0.2) is 34.0 Å². The fourth-order valence-corrected chi connectivity index (χ4v) is 3.08. The summed E-state index contributed by atoms with van der Waals surface area (Å²) in [6.45, 7) is 1.84. The molecule has 0 amide bonds. The van der Waals surface area contributed by atoms with Crippen LogP contribution >= 0.6 is 0 Å². The number of nitrogens with one attached hydrogen (secondary N) is 2. The molecular weight excluding hydrogens is 214 g/mol. The van der Waals surface area contributed by atoms with Crippen molar-refractivity contribution in [3.8, 4) is 0 Å². The Balaban J connectivity index is 1.78. The molecule has 0 atom stereocenters. The van der Waals surface area contributed by atoms with Crippen molar-refractivity contribution in [3.05, 3.63) is 17.0 Å². The molecule has 1 aliphatic carbocycles. The molecule has 0 bridgehead atoms. The zero-order chi connectivity index (χ0) is 11.7. The Morgan fingerprint density at radius 2 is 1.94 bits per heavy atom. The highest BCUT2D eigenvalue weighted by Gasteiger charge is 2.31. The first-order valence-electron chi connectivity index (χ1n) is 6.75. The molecule has 1 aromatic rings. The van der Waals surface area contributed by atoms with Gasteiger partial charge in [-0.1, -0.05) is 0 Å². The van der Waals surface area contributed by atoms with Crippen LogP contribution in [0.4, 0.5) is 0 Å². The molecule has 1 fully saturated rings. The number of aryl methyl sites for hydroxylation is 1. The number of aliphatic hydroxyl groups is 1. The van der Waals surface area contributed by atoms with Crippen LogP contribution in [0.15, 0.2) is 0 Å². The average Bonchev–Trinajstić information content (AvgIpc) is 2.73.